The molecule has 1 fully saturated rings. The molecule has 1 amide bonds. The van der Waals surface area contributed by atoms with Crippen LogP contribution in [0.3, 0.4) is 0 Å². The quantitative estimate of drug-likeness (QED) is 0.890. The molecule has 5 nitrogen and oxygen atoms in total. The van der Waals surface area contributed by atoms with Crippen LogP contribution in [0.15, 0.2) is 42.7 Å². The van der Waals surface area contributed by atoms with Crippen LogP contribution in [-0.2, 0) is 0 Å². The molecule has 1 aliphatic heterocycles. The summed E-state index contributed by atoms with van der Waals surface area (Å²) in [5.41, 5.74) is 2.35. The largest absolute Gasteiger partial charge is 0.494 e. The fraction of sp³-hybridized carbons (Fsp3) is 0.400. The maximum Gasteiger partial charge on any atom is 0.257 e. The summed E-state index contributed by atoms with van der Waals surface area (Å²) in [5.74, 6) is 0.652. The number of ether oxygens (including phenoxy) is 1. The Balaban J connectivity index is 1.68. The summed E-state index contributed by atoms with van der Waals surface area (Å²) in [6, 6.07) is 9.32. The van der Waals surface area contributed by atoms with Gasteiger partial charge in [-0.15, -0.1) is 0 Å². The Bertz CT molecular complexity index is 692. The summed E-state index contributed by atoms with van der Waals surface area (Å²) in [6.45, 7) is 4.64. The highest BCUT2D eigenvalue weighted by Gasteiger charge is 2.13. The number of hydrogen-bond donors (Lipinski definition) is 1. The van der Waals surface area contributed by atoms with Gasteiger partial charge < -0.3 is 15.0 Å². The molecular formula is C20H25N3O2. The molecule has 132 valence electrons. The number of pyridine rings is 1. The summed E-state index contributed by atoms with van der Waals surface area (Å²) in [5, 5.41) is 2.92. The maximum absolute atomic E-state index is 12.5. The topological polar surface area (TPSA) is 54.5 Å². The van der Waals surface area contributed by atoms with Crippen molar-refractivity contribution in [2.75, 3.05) is 29.9 Å². The first-order valence-corrected chi connectivity index (χ1v) is 9.00. The van der Waals surface area contributed by atoms with Crippen LogP contribution in [0, 0.1) is 0 Å². The van der Waals surface area contributed by atoms with E-state index in [0.29, 0.717) is 12.2 Å². The molecule has 0 radical (unpaired) electrons. The number of benzene rings is 1. The first-order chi connectivity index (χ1) is 12.3. The molecule has 5 heteroatoms. The van der Waals surface area contributed by atoms with Gasteiger partial charge in [-0.05, 0) is 50.1 Å². The smallest absolute Gasteiger partial charge is 0.257 e. The van der Waals surface area contributed by atoms with Crippen molar-refractivity contribution in [2.45, 2.75) is 32.6 Å². The van der Waals surface area contributed by atoms with Crippen LogP contribution in [0.2, 0.25) is 0 Å². The standard InChI is InChI=1S/C20H25N3O2/c1-2-25-19-9-7-17(8-10-19)22-20(24)16-13-18(15-21-14-16)23-11-5-3-4-6-12-23/h7-10,13-15H,2-6,11-12H2,1H3,(H,22,24). The molecule has 2 aromatic rings. The summed E-state index contributed by atoms with van der Waals surface area (Å²) < 4.78 is 5.42. The fourth-order valence-corrected chi connectivity index (χ4v) is 3.06. The highest BCUT2D eigenvalue weighted by atomic mass is 16.5. The molecule has 1 saturated heterocycles. The Morgan fingerprint density at radius 3 is 2.52 bits per heavy atom. The zero-order valence-electron chi connectivity index (χ0n) is 14.7. The van der Waals surface area contributed by atoms with Crippen molar-refractivity contribution < 1.29 is 9.53 Å². The highest BCUT2D eigenvalue weighted by Crippen LogP contribution is 2.21. The van der Waals surface area contributed by atoms with E-state index in [-0.39, 0.29) is 5.91 Å². The minimum atomic E-state index is -0.145. The number of rotatable bonds is 5. The van der Waals surface area contributed by atoms with E-state index >= 15 is 0 Å². The number of nitrogens with one attached hydrogen (secondary N) is 1. The zero-order chi connectivity index (χ0) is 17.5. The molecule has 25 heavy (non-hydrogen) atoms. The first-order valence-electron chi connectivity index (χ1n) is 9.00. The SMILES string of the molecule is CCOc1ccc(NC(=O)c2cncc(N3CCCCCC3)c2)cc1. The van der Waals surface area contributed by atoms with Crippen LogP contribution in [-0.4, -0.2) is 30.6 Å². The van der Waals surface area contributed by atoms with E-state index < -0.39 is 0 Å². The van der Waals surface area contributed by atoms with E-state index in [1.54, 1.807) is 6.20 Å². The van der Waals surface area contributed by atoms with Crippen molar-refractivity contribution in [1.29, 1.82) is 0 Å². The van der Waals surface area contributed by atoms with E-state index in [9.17, 15) is 4.79 Å². The molecule has 1 N–H and O–H groups in total. The second-order valence-corrected chi connectivity index (χ2v) is 6.24. The Morgan fingerprint density at radius 2 is 1.84 bits per heavy atom. The van der Waals surface area contributed by atoms with Gasteiger partial charge in [0.15, 0.2) is 0 Å². The van der Waals surface area contributed by atoms with Gasteiger partial charge in [-0.1, -0.05) is 12.8 Å². The Morgan fingerprint density at radius 1 is 1.12 bits per heavy atom. The molecule has 0 bridgehead atoms. The van der Waals surface area contributed by atoms with E-state index in [1.807, 2.05) is 43.5 Å². The number of nitrogens with zero attached hydrogens (tertiary/aromatic N) is 2. The summed E-state index contributed by atoms with van der Waals surface area (Å²) in [7, 11) is 0. The van der Waals surface area contributed by atoms with Crippen LogP contribution in [0.1, 0.15) is 43.0 Å². The monoisotopic (exact) mass is 339 g/mol. The van der Waals surface area contributed by atoms with Crippen LogP contribution < -0.4 is 15.0 Å². The lowest BCUT2D eigenvalue weighted by Gasteiger charge is -2.22. The third-order valence-corrected chi connectivity index (χ3v) is 4.38. The summed E-state index contributed by atoms with van der Waals surface area (Å²) >= 11 is 0. The molecule has 1 aromatic heterocycles. The average Bonchev–Trinajstić information content (AvgIpc) is 2.93. The lowest BCUT2D eigenvalue weighted by molar-refractivity contribution is 0.102. The third-order valence-electron chi connectivity index (χ3n) is 4.38. The molecular weight excluding hydrogens is 314 g/mol. The molecule has 1 aromatic carbocycles. The van der Waals surface area contributed by atoms with Crippen LogP contribution in [0.4, 0.5) is 11.4 Å². The van der Waals surface area contributed by atoms with Gasteiger partial charge in [-0.2, -0.15) is 0 Å². The zero-order valence-corrected chi connectivity index (χ0v) is 14.7. The van der Waals surface area contributed by atoms with Crippen molar-refractivity contribution >= 4 is 17.3 Å². The molecule has 0 atom stereocenters. The van der Waals surface area contributed by atoms with Gasteiger partial charge in [0.05, 0.1) is 24.1 Å². The van der Waals surface area contributed by atoms with Gasteiger partial charge >= 0.3 is 0 Å². The van der Waals surface area contributed by atoms with Gasteiger partial charge in [0.1, 0.15) is 5.75 Å². The van der Waals surface area contributed by atoms with Gasteiger partial charge in [-0.25, -0.2) is 0 Å². The Hall–Kier alpha value is -2.56. The maximum atomic E-state index is 12.5. The second kappa shape index (κ2) is 8.51. The fourth-order valence-electron chi connectivity index (χ4n) is 3.06. The van der Waals surface area contributed by atoms with Crippen LogP contribution in [0.5, 0.6) is 5.75 Å². The lowest BCUT2D eigenvalue weighted by Crippen LogP contribution is -2.24. The highest BCUT2D eigenvalue weighted by molar-refractivity contribution is 6.04. The van der Waals surface area contributed by atoms with Crippen molar-refractivity contribution in [3.8, 4) is 5.75 Å². The first kappa shape index (κ1) is 17.3. The molecule has 0 aliphatic carbocycles. The summed E-state index contributed by atoms with van der Waals surface area (Å²) in [4.78, 5) is 19.1. The molecule has 0 saturated carbocycles. The number of anilines is 2. The number of aromatic nitrogens is 1. The van der Waals surface area contributed by atoms with E-state index in [1.165, 1.54) is 25.7 Å². The Labute approximate surface area is 149 Å². The van der Waals surface area contributed by atoms with Crippen LogP contribution >= 0.6 is 0 Å². The minimum absolute atomic E-state index is 0.145. The van der Waals surface area contributed by atoms with Gasteiger partial charge in [0.2, 0.25) is 0 Å². The number of carbonyl (C=O) groups excluding carboxylic acids is 1. The van der Waals surface area contributed by atoms with E-state index in [2.05, 4.69) is 15.2 Å². The third kappa shape index (κ3) is 4.72. The molecule has 2 heterocycles. The van der Waals surface area contributed by atoms with E-state index in [4.69, 9.17) is 4.74 Å². The molecule has 3 rings (SSSR count). The predicted octanol–water partition coefficient (Wildman–Crippen LogP) is 4.11. The Kier molecular flexibility index (Phi) is 5.88. The van der Waals surface area contributed by atoms with E-state index in [0.717, 1.165) is 30.2 Å². The molecule has 0 spiro atoms. The van der Waals surface area contributed by atoms with Crippen molar-refractivity contribution in [3.05, 3.63) is 48.3 Å². The molecule has 1 aliphatic rings. The van der Waals surface area contributed by atoms with Crippen molar-refractivity contribution in [1.82, 2.24) is 4.98 Å². The normalized spacial score (nSPS) is 14.7. The number of carbonyl (C=O) groups is 1. The average molecular weight is 339 g/mol. The van der Waals surface area contributed by atoms with Gasteiger partial charge in [0.25, 0.3) is 5.91 Å². The number of hydrogen-bond acceptors (Lipinski definition) is 4. The van der Waals surface area contributed by atoms with Crippen LogP contribution in [0.25, 0.3) is 0 Å². The lowest BCUT2D eigenvalue weighted by atomic mass is 10.2. The van der Waals surface area contributed by atoms with Gasteiger partial charge in [0, 0.05) is 25.0 Å². The summed E-state index contributed by atoms with van der Waals surface area (Å²) in [6.07, 6.45) is 8.42. The minimum Gasteiger partial charge on any atom is -0.494 e. The second-order valence-electron chi connectivity index (χ2n) is 6.24. The predicted molar refractivity (Wildman–Crippen MR) is 100 cm³/mol. The molecule has 0 unspecified atom stereocenters. The van der Waals surface area contributed by atoms with Crippen molar-refractivity contribution in [3.63, 3.8) is 0 Å². The van der Waals surface area contributed by atoms with Gasteiger partial charge in [-0.3, -0.25) is 9.78 Å². The number of amides is 1. The van der Waals surface area contributed by atoms with Crippen molar-refractivity contribution in [2.24, 2.45) is 0 Å².